The number of carbonyl (C=O) groups excluding carboxylic acids is 1. The van der Waals surface area contributed by atoms with E-state index >= 15 is 0 Å². The van der Waals surface area contributed by atoms with Gasteiger partial charge in [-0.1, -0.05) is 11.6 Å². The third-order valence-corrected chi connectivity index (χ3v) is 2.55. The van der Waals surface area contributed by atoms with Crippen LogP contribution in [0.15, 0.2) is 18.3 Å². The van der Waals surface area contributed by atoms with Crippen molar-refractivity contribution in [1.29, 1.82) is 0 Å². The van der Waals surface area contributed by atoms with Crippen molar-refractivity contribution in [3.8, 4) is 5.75 Å². The number of aromatic nitrogens is 1. The van der Waals surface area contributed by atoms with Crippen LogP contribution in [-0.4, -0.2) is 17.6 Å². The quantitative estimate of drug-likeness (QED) is 0.682. The molecule has 9 heteroatoms. The molecular formula is C11H4ClF3LiNO3. The van der Waals surface area contributed by atoms with E-state index in [1.165, 1.54) is 0 Å². The van der Waals surface area contributed by atoms with E-state index in [1.807, 2.05) is 0 Å². The second-order valence-electron chi connectivity index (χ2n) is 3.46. The van der Waals surface area contributed by atoms with E-state index in [0.717, 1.165) is 18.3 Å². The summed E-state index contributed by atoms with van der Waals surface area (Å²) in [6.07, 6.45) is 0.848. The van der Waals surface area contributed by atoms with E-state index < -0.39 is 29.2 Å². The van der Waals surface area contributed by atoms with Crippen molar-refractivity contribution in [2.24, 2.45) is 0 Å². The average molecular weight is 298 g/mol. The maximum absolute atomic E-state index is 13.9. The predicted molar refractivity (Wildman–Crippen MR) is 57.7 cm³/mol. The normalized spacial score (nSPS) is 10.4. The summed E-state index contributed by atoms with van der Waals surface area (Å²) < 4.78 is 42.0. The third kappa shape index (κ3) is 3.18. The van der Waals surface area contributed by atoms with Crippen LogP contribution in [-0.2, 0) is 0 Å². The van der Waals surface area contributed by atoms with Gasteiger partial charge in [-0.25, -0.2) is 4.39 Å². The van der Waals surface area contributed by atoms with Crippen LogP contribution in [0.1, 0.15) is 10.4 Å². The summed E-state index contributed by atoms with van der Waals surface area (Å²) in [6, 6.07) is 2.15. The Balaban J connectivity index is 0.00000200. The molecule has 100 valence electrons. The molecule has 1 aromatic carbocycles. The largest absolute Gasteiger partial charge is 1.00 e. The molecule has 0 aliphatic heterocycles. The van der Waals surface area contributed by atoms with Crippen LogP contribution in [0.4, 0.5) is 13.2 Å². The summed E-state index contributed by atoms with van der Waals surface area (Å²) in [5, 5.41) is 10.2. The second-order valence-corrected chi connectivity index (χ2v) is 3.87. The standard InChI is InChI=1S/C11H5ClF3NO3.Li/c12-6-2-4-1-5(10(17)18)3-16-8(4)7(13)9(6)19-11(14)15;/h1-3,11H,(H,17,18);/q;+1/p-1. The van der Waals surface area contributed by atoms with Gasteiger partial charge in [0.2, 0.25) is 0 Å². The molecule has 0 saturated carbocycles. The van der Waals surface area contributed by atoms with Gasteiger partial charge in [0.1, 0.15) is 5.52 Å². The summed E-state index contributed by atoms with van der Waals surface area (Å²) in [5.41, 5.74) is -0.615. The molecule has 0 aliphatic rings. The number of hydrogen-bond donors (Lipinski definition) is 0. The summed E-state index contributed by atoms with van der Waals surface area (Å²) in [7, 11) is 0. The number of halogens is 4. The Morgan fingerprint density at radius 1 is 1.40 bits per heavy atom. The maximum atomic E-state index is 13.9. The van der Waals surface area contributed by atoms with Crippen LogP contribution in [0.5, 0.6) is 5.75 Å². The van der Waals surface area contributed by atoms with Gasteiger partial charge < -0.3 is 14.6 Å². The molecular weight excluding hydrogens is 294 g/mol. The second kappa shape index (κ2) is 6.35. The fraction of sp³-hybridized carbons (Fsp3) is 0.0909. The number of carbonyl (C=O) groups is 1. The first kappa shape index (κ1) is 16.6. The first-order chi connectivity index (χ1) is 8.90. The molecule has 2 rings (SSSR count). The van der Waals surface area contributed by atoms with Gasteiger partial charge in [0.15, 0.2) is 11.6 Å². The van der Waals surface area contributed by atoms with Gasteiger partial charge in [0, 0.05) is 17.1 Å². The number of alkyl halides is 2. The number of aromatic carboxylic acids is 1. The number of fused-ring (bicyclic) bond motifs is 1. The Morgan fingerprint density at radius 3 is 2.60 bits per heavy atom. The van der Waals surface area contributed by atoms with Crippen molar-refractivity contribution in [2.45, 2.75) is 6.61 Å². The molecule has 0 spiro atoms. The zero-order valence-electron chi connectivity index (χ0n) is 9.99. The zero-order chi connectivity index (χ0) is 14.2. The number of nitrogens with zero attached hydrogens (tertiary/aromatic N) is 1. The van der Waals surface area contributed by atoms with Gasteiger partial charge in [-0.05, 0) is 12.1 Å². The average Bonchev–Trinajstić information content (AvgIpc) is 2.33. The maximum Gasteiger partial charge on any atom is 1.00 e. The summed E-state index contributed by atoms with van der Waals surface area (Å²) >= 11 is 5.60. The number of ether oxygens (including phenoxy) is 1. The number of rotatable bonds is 3. The van der Waals surface area contributed by atoms with E-state index in [2.05, 4.69) is 9.72 Å². The van der Waals surface area contributed by atoms with Crippen LogP contribution in [0.3, 0.4) is 0 Å². The minimum Gasteiger partial charge on any atom is -0.545 e. The molecule has 0 amide bonds. The molecule has 0 saturated heterocycles. The molecule has 1 heterocycles. The van der Waals surface area contributed by atoms with Crippen molar-refractivity contribution in [2.75, 3.05) is 0 Å². The Labute approximate surface area is 127 Å². The number of carboxylic acids is 1. The topological polar surface area (TPSA) is 62.2 Å². The van der Waals surface area contributed by atoms with Crippen molar-refractivity contribution < 1.29 is 46.7 Å². The van der Waals surface area contributed by atoms with Crippen molar-refractivity contribution in [1.82, 2.24) is 4.98 Å². The van der Waals surface area contributed by atoms with Crippen molar-refractivity contribution in [3.05, 3.63) is 34.7 Å². The SMILES string of the molecule is O=C([O-])c1cnc2c(F)c(OC(F)F)c(Cl)cc2c1.[Li+]. The Hall–Kier alpha value is -1.42. The molecule has 0 radical (unpaired) electrons. The molecule has 0 aliphatic carbocycles. The number of pyridine rings is 1. The zero-order valence-corrected chi connectivity index (χ0v) is 10.7. The molecule has 1 aromatic heterocycles. The fourth-order valence-corrected chi connectivity index (χ4v) is 1.74. The summed E-state index contributed by atoms with van der Waals surface area (Å²) in [5.74, 6) is -3.52. The van der Waals surface area contributed by atoms with Gasteiger partial charge in [0.05, 0.1) is 11.0 Å². The minimum absolute atomic E-state index is 0. The molecule has 2 aromatic rings. The first-order valence-electron chi connectivity index (χ1n) is 4.84. The number of carboxylic acid groups (broad SMARTS) is 1. The van der Waals surface area contributed by atoms with Gasteiger partial charge in [-0.2, -0.15) is 8.78 Å². The van der Waals surface area contributed by atoms with Crippen molar-refractivity contribution in [3.63, 3.8) is 0 Å². The van der Waals surface area contributed by atoms with Crippen LogP contribution in [0.25, 0.3) is 10.9 Å². The monoisotopic (exact) mass is 297 g/mol. The van der Waals surface area contributed by atoms with Crippen LogP contribution in [0.2, 0.25) is 5.02 Å². The smallest absolute Gasteiger partial charge is 0.545 e. The van der Waals surface area contributed by atoms with Crippen LogP contribution in [0, 0.1) is 5.82 Å². The predicted octanol–water partition coefficient (Wildman–Crippen LogP) is -1.00. The third-order valence-electron chi connectivity index (χ3n) is 2.27. The van der Waals surface area contributed by atoms with E-state index in [1.54, 1.807) is 0 Å². The van der Waals surface area contributed by atoms with Gasteiger partial charge in [-0.3, -0.25) is 4.98 Å². The van der Waals surface area contributed by atoms with Gasteiger partial charge in [-0.15, -0.1) is 0 Å². The van der Waals surface area contributed by atoms with Crippen LogP contribution < -0.4 is 28.7 Å². The van der Waals surface area contributed by atoms with Crippen LogP contribution >= 0.6 is 11.6 Å². The Kier molecular flexibility index (Phi) is 5.28. The molecule has 0 unspecified atom stereocenters. The fourth-order valence-electron chi connectivity index (χ4n) is 1.50. The van der Waals surface area contributed by atoms with E-state index in [4.69, 9.17) is 11.6 Å². The van der Waals surface area contributed by atoms with E-state index in [-0.39, 0.29) is 35.3 Å². The molecule has 4 nitrogen and oxygen atoms in total. The van der Waals surface area contributed by atoms with Gasteiger partial charge >= 0.3 is 25.5 Å². The number of hydrogen-bond acceptors (Lipinski definition) is 4. The van der Waals surface area contributed by atoms with E-state index in [0.29, 0.717) is 0 Å². The molecule has 0 atom stereocenters. The van der Waals surface area contributed by atoms with Gasteiger partial charge in [0.25, 0.3) is 0 Å². The summed E-state index contributed by atoms with van der Waals surface area (Å²) in [6.45, 7) is -3.24. The Morgan fingerprint density at radius 2 is 2.05 bits per heavy atom. The van der Waals surface area contributed by atoms with Crippen molar-refractivity contribution >= 4 is 28.5 Å². The molecule has 20 heavy (non-hydrogen) atoms. The molecule has 0 fully saturated rings. The Bertz CT molecular complexity index is 669. The summed E-state index contributed by atoms with van der Waals surface area (Å²) in [4.78, 5) is 14.2. The molecule has 0 N–H and O–H groups in total. The first-order valence-corrected chi connectivity index (χ1v) is 5.22. The molecule has 0 bridgehead atoms. The number of benzene rings is 1. The minimum atomic E-state index is -3.24. The van der Waals surface area contributed by atoms with E-state index in [9.17, 15) is 23.1 Å².